The standard InChI is InChI=1S/C12H16N4OS/c1-4-16-7-13-9(3)10(16)6-18-12-14-8(2)5-11(17)15-12/h5,7H,4,6H2,1-3H3,(H,14,15,17). The molecule has 1 N–H and O–H groups in total. The first-order valence-electron chi connectivity index (χ1n) is 5.78. The summed E-state index contributed by atoms with van der Waals surface area (Å²) in [5.74, 6) is 0.772. The Balaban J connectivity index is 2.13. The van der Waals surface area contributed by atoms with Crippen molar-refractivity contribution >= 4 is 11.8 Å². The first-order valence-corrected chi connectivity index (χ1v) is 6.76. The topological polar surface area (TPSA) is 63.8 Å². The van der Waals surface area contributed by atoms with Crippen molar-refractivity contribution in [2.75, 3.05) is 0 Å². The molecule has 0 radical (unpaired) electrons. The molecule has 2 aromatic rings. The van der Waals surface area contributed by atoms with E-state index in [4.69, 9.17) is 0 Å². The SMILES string of the molecule is CCn1cnc(C)c1CSc1nc(C)cc(O)n1. The van der Waals surface area contributed by atoms with Crippen molar-refractivity contribution in [3.63, 3.8) is 0 Å². The highest BCUT2D eigenvalue weighted by molar-refractivity contribution is 7.98. The number of thioether (sulfide) groups is 1. The molecule has 0 aliphatic carbocycles. The quantitative estimate of drug-likeness (QED) is 0.678. The van der Waals surface area contributed by atoms with E-state index in [9.17, 15) is 5.11 Å². The van der Waals surface area contributed by atoms with E-state index in [0.29, 0.717) is 5.16 Å². The summed E-state index contributed by atoms with van der Waals surface area (Å²) in [5, 5.41) is 10.0. The smallest absolute Gasteiger partial charge is 0.215 e. The minimum absolute atomic E-state index is 0.0192. The fraction of sp³-hybridized carbons (Fsp3) is 0.417. The third-order valence-corrected chi connectivity index (χ3v) is 3.51. The number of aryl methyl sites for hydroxylation is 3. The van der Waals surface area contributed by atoms with Crippen LogP contribution in [0.1, 0.15) is 24.0 Å². The van der Waals surface area contributed by atoms with E-state index in [1.807, 2.05) is 20.2 Å². The Morgan fingerprint density at radius 3 is 2.78 bits per heavy atom. The number of aromatic nitrogens is 4. The zero-order valence-corrected chi connectivity index (χ0v) is 11.5. The molecule has 0 amide bonds. The van der Waals surface area contributed by atoms with Crippen molar-refractivity contribution in [1.82, 2.24) is 19.5 Å². The molecule has 0 aliphatic rings. The van der Waals surface area contributed by atoms with Gasteiger partial charge in [0.2, 0.25) is 5.88 Å². The molecule has 0 bridgehead atoms. The predicted octanol–water partition coefficient (Wildman–Crippen LogP) is 2.31. The maximum Gasteiger partial charge on any atom is 0.215 e. The largest absolute Gasteiger partial charge is 0.493 e. The molecule has 0 saturated heterocycles. The summed E-state index contributed by atoms with van der Waals surface area (Å²) in [7, 11) is 0. The van der Waals surface area contributed by atoms with Crippen LogP contribution in [0.5, 0.6) is 5.88 Å². The zero-order chi connectivity index (χ0) is 13.1. The van der Waals surface area contributed by atoms with E-state index in [2.05, 4.69) is 26.4 Å². The second kappa shape index (κ2) is 5.39. The highest BCUT2D eigenvalue weighted by atomic mass is 32.2. The summed E-state index contributed by atoms with van der Waals surface area (Å²) < 4.78 is 2.11. The number of hydrogen-bond acceptors (Lipinski definition) is 5. The molecule has 0 spiro atoms. The van der Waals surface area contributed by atoms with E-state index in [-0.39, 0.29) is 5.88 Å². The van der Waals surface area contributed by atoms with Crippen LogP contribution < -0.4 is 0 Å². The van der Waals surface area contributed by atoms with E-state index in [1.165, 1.54) is 17.5 Å². The number of rotatable bonds is 4. The van der Waals surface area contributed by atoms with Gasteiger partial charge in [-0.15, -0.1) is 0 Å². The lowest BCUT2D eigenvalue weighted by molar-refractivity contribution is 0.444. The van der Waals surface area contributed by atoms with Crippen LogP contribution in [0.2, 0.25) is 0 Å². The Kier molecular flexibility index (Phi) is 3.86. The first kappa shape index (κ1) is 12.9. The normalized spacial score (nSPS) is 10.8. The number of imidazole rings is 1. The number of aromatic hydroxyl groups is 1. The summed E-state index contributed by atoms with van der Waals surface area (Å²) in [6.45, 7) is 6.82. The van der Waals surface area contributed by atoms with Gasteiger partial charge in [-0.1, -0.05) is 11.8 Å². The van der Waals surface area contributed by atoms with E-state index in [1.54, 1.807) is 6.07 Å². The molecule has 0 aromatic carbocycles. The Morgan fingerprint density at radius 2 is 2.11 bits per heavy atom. The molecule has 18 heavy (non-hydrogen) atoms. The van der Waals surface area contributed by atoms with Crippen molar-refractivity contribution in [2.45, 2.75) is 38.2 Å². The van der Waals surface area contributed by atoms with Crippen LogP contribution in [0.25, 0.3) is 0 Å². The second-order valence-electron chi connectivity index (χ2n) is 4.00. The summed E-state index contributed by atoms with van der Waals surface area (Å²) in [6.07, 6.45) is 1.85. The van der Waals surface area contributed by atoms with Gasteiger partial charge in [-0.3, -0.25) is 0 Å². The number of nitrogens with zero attached hydrogens (tertiary/aromatic N) is 4. The average molecular weight is 264 g/mol. The predicted molar refractivity (Wildman–Crippen MR) is 70.6 cm³/mol. The van der Waals surface area contributed by atoms with E-state index >= 15 is 0 Å². The van der Waals surface area contributed by atoms with Gasteiger partial charge in [0, 0.05) is 24.1 Å². The molecule has 6 heteroatoms. The van der Waals surface area contributed by atoms with Gasteiger partial charge in [0.25, 0.3) is 0 Å². The lowest BCUT2D eigenvalue weighted by Gasteiger charge is -2.06. The maximum atomic E-state index is 9.42. The Labute approximate surface area is 110 Å². The first-order chi connectivity index (χ1) is 8.60. The molecule has 0 atom stereocenters. The fourth-order valence-corrected chi connectivity index (χ4v) is 2.70. The van der Waals surface area contributed by atoms with Crippen molar-refractivity contribution in [3.05, 3.63) is 29.5 Å². The molecular weight excluding hydrogens is 248 g/mol. The van der Waals surface area contributed by atoms with Gasteiger partial charge in [0.05, 0.1) is 17.7 Å². The monoisotopic (exact) mass is 264 g/mol. The Morgan fingerprint density at radius 1 is 1.33 bits per heavy atom. The van der Waals surface area contributed by atoms with Crippen molar-refractivity contribution in [3.8, 4) is 5.88 Å². The highest BCUT2D eigenvalue weighted by Crippen LogP contribution is 2.22. The second-order valence-corrected chi connectivity index (χ2v) is 4.94. The molecule has 5 nitrogen and oxygen atoms in total. The summed E-state index contributed by atoms with van der Waals surface area (Å²) in [6, 6.07) is 1.55. The molecule has 0 unspecified atom stereocenters. The van der Waals surface area contributed by atoms with Crippen LogP contribution in [0.4, 0.5) is 0 Å². The average Bonchev–Trinajstić information content (AvgIpc) is 2.66. The van der Waals surface area contributed by atoms with Crippen LogP contribution >= 0.6 is 11.8 Å². The van der Waals surface area contributed by atoms with Gasteiger partial charge in [0.1, 0.15) is 0 Å². The molecule has 2 rings (SSSR count). The summed E-state index contributed by atoms with van der Waals surface area (Å²) in [5.41, 5.74) is 2.97. The van der Waals surface area contributed by atoms with Crippen LogP contribution in [-0.2, 0) is 12.3 Å². The minimum atomic E-state index is 0.0192. The van der Waals surface area contributed by atoms with E-state index < -0.39 is 0 Å². The van der Waals surface area contributed by atoms with E-state index in [0.717, 1.165) is 23.7 Å². The molecular formula is C12H16N4OS. The zero-order valence-electron chi connectivity index (χ0n) is 10.7. The lowest BCUT2D eigenvalue weighted by Crippen LogP contribution is -1.99. The molecule has 96 valence electrons. The molecule has 0 fully saturated rings. The van der Waals surface area contributed by atoms with Gasteiger partial charge in [0.15, 0.2) is 5.16 Å². The van der Waals surface area contributed by atoms with Crippen molar-refractivity contribution in [2.24, 2.45) is 0 Å². The molecule has 0 aliphatic heterocycles. The highest BCUT2D eigenvalue weighted by Gasteiger charge is 2.09. The molecule has 2 aromatic heterocycles. The van der Waals surface area contributed by atoms with Crippen molar-refractivity contribution in [1.29, 1.82) is 0 Å². The van der Waals surface area contributed by atoms with Crippen LogP contribution in [0, 0.1) is 13.8 Å². The van der Waals surface area contributed by atoms with Crippen LogP contribution in [-0.4, -0.2) is 24.6 Å². The van der Waals surface area contributed by atoms with Gasteiger partial charge in [-0.25, -0.2) is 9.97 Å². The summed E-state index contributed by atoms with van der Waals surface area (Å²) in [4.78, 5) is 12.6. The van der Waals surface area contributed by atoms with Crippen LogP contribution in [0.15, 0.2) is 17.6 Å². The molecule has 0 saturated carbocycles. The summed E-state index contributed by atoms with van der Waals surface area (Å²) >= 11 is 1.51. The van der Waals surface area contributed by atoms with Gasteiger partial charge in [-0.05, 0) is 20.8 Å². The number of hydrogen-bond donors (Lipinski definition) is 1. The van der Waals surface area contributed by atoms with Gasteiger partial charge in [-0.2, -0.15) is 4.98 Å². The van der Waals surface area contributed by atoms with Crippen LogP contribution in [0.3, 0.4) is 0 Å². The third-order valence-electron chi connectivity index (χ3n) is 2.65. The van der Waals surface area contributed by atoms with Gasteiger partial charge >= 0.3 is 0 Å². The van der Waals surface area contributed by atoms with Crippen molar-refractivity contribution < 1.29 is 5.11 Å². The third kappa shape index (κ3) is 2.81. The maximum absolute atomic E-state index is 9.42. The fourth-order valence-electron chi connectivity index (χ4n) is 1.69. The Bertz CT molecular complexity index is 533. The Hall–Kier alpha value is -1.56. The lowest BCUT2D eigenvalue weighted by atomic mass is 10.4. The minimum Gasteiger partial charge on any atom is -0.493 e. The van der Waals surface area contributed by atoms with Gasteiger partial charge < -0.3 is 9.67 Å². The molecule has 2 heterocycles.